The average molecular weight is 410 g/mol. The van der Waals surface area contributed by atoms with E-state index in [-0.39, 0.29) is 17.4 Å². The van der Waals surface area contributed by atoms with Gasteiger partial charge in [0.1, 0.15) is 22.8 Å². The van der Waals surface area contributed by atoms with Crippen molar-refractivity contribution in [1.29, 1.82) is 0 Å². The van der Waals surface area contributed by atoms with Crippen LogP contribution in [0.3, 0.4) is 0 Å². The minimum atomic E-state index is -0.0750. The summed E-state index contributed by atoms with van der Waals surface area (Å²) in [7, 11) is 1.62. The number of phenols is 1. The number of hydrogen-bond donors (Lipinski definition) is 3. The standard InChI is InChI=1S/C24H31N3O3/c1-3-25-23(26-16-17-14-18(29-2)10-11-21(17)28)27-20-15-24(12-6-7-13-24)30-22-9-5-4-8-19(20)22/h4-5,8-11,14,20,28H,3,6-7,12-13,15-16H2,1-2H3,(H2,25,26,27). The first-order chi connectivity index (χ1) is 14.6. The van der Waals surface area contributed by atoms with Crippen LogP contribution in [0.2, 0.25) is 0 Å². The Morgan fingerprint density at radius 2 is 2.03 bits per heavy atom. The maximum atomic E-state index is 10.2. The van der Waals surface area contributed by atoms with Crippen molar-refractivity contribution in [3.63, 3.8) is 0 Å². The lowest BCUT2D eigenvalue weighted by molar-refractivity contribution is 0.0396. The molecule has 1 spiro atoms. The predicted octanol–water partition coefficient (Wildman–Crippen LogP) is 4.29. The van der Waals surface area contributed by atoms with Crippen LogP contribution in [0.5, 0.6) is 17.2 Å². The van der Waals surface area contributed by atoms with E-state index in [0.717, 1.165) is 43.1 Å². The van der Waals surface area contributed by atoms with E-state index in [4.69, 9.17) is 14.5 Å². The summed E-state index contributed by atoms with van der Waals surface area (Å²) in [4.78, 5) is 4.74. The van der Waals surface area contributed by atoms with Crippen LogP contribution in [0.4, 0.5) is 0 Å². The number of para-hydroxylation sites is 1. The minimum Gasteiger partial charge on any atom is -0.508 e. The molecule has 1 saturated carbocycles. The third kappa shape index (κ3) is 4.32. The Kier molecular flexibility index (Phi) is 6.02. The van der Waals surface area contributed by atoms with E-state index in [1.807, 2.05) is 12.1 Å². The molecule has 160 valence electrons. The van der Waals surface area contributed by atoms with Gasteiger partial charge in [-0.05, 0) is 56.9 Å². The number of fused-ring (bicyclic) bond motifs is 1. The van der Waals surface area contributed by atoms with Gasteiger partial charge in [0.15, 0.2) is 5.96 Å². The van der Waals surface area contributed by atoms with E-state index in [2.05, 4.69) is 35.8 Å². The molecular weight excluding hydrogens is 378 g/mol. The molecule has 1 atom stereocenters. The second-order valence-corrected chi connectivity index (χ2v) is 8.12. The number of nitrogens with zero attached hydrogens (tertiary/aromatic N) is 1. The lowest BCUT2D eigenvalue weighted by Crippen LogP contribution is -2.46. The molecule has 1 heterocycles. The fourth-order valence-corrected chi connectivity index (χ4v) is 4.54. The van der Waals surface area contributed by atoms with E-state index in [9.17, 15) is 5.11 Å². The fourth-order valence-electron chi connectivity index (χ4n) is 4.54. The van der Waals surface area contributed by atoms with Gasteiger partial charge in [-0.15, -0.1) is 0 Å². The van der Waals surface area contributed by atoms with E-state index in [1.165, 1.54) is 18.4 Å². The first-order valence-electron chi connectivity index (χ1n) is 10.8. The van der Waals surface area contributed by atoms with E-state index in [1.54, 1.807) is 19.2 Å². The molecule has 30 heavy (non-hydrogen) atoms. The number of hydrogen-bond acceptors (Lipinski definition) is 4. The smallest absolute Gasteiger partial charge is 0.192 e. The van der Waals surface area contributed by atoms with Crippen molar-refractivity contribution in [2.24, 2.45) is 4.99 Å². The molecule has 6 nitrogen and oxygen atoms in total. The summed E-state index contributed by atoms with van der Waals surface area (Å²) in [6, 6.07) is 13.6. The lowest BCUT2D eigenvalue weighted by Gasteiger charge is -2.40. The van der Waals surface area contributed by atoms with Gasteiger partial charge < -0.3 is 25.2 Å². The molecule has 2 aromatic rings. The van der Waals surface area contributed by atoms with Gasteiger partial charge in [0.05, 0.1) is 19.7 Å². The van der Waals surface area contributed by atoms with Crippen LogP contribution in [0.1, 0.15) is 56.2 Å². The maximum Gasteiger partial charge on any atom is 0.192 e. The maximum absolute atomic E-state index is 10.2. The highest BCUT2D eigenvalue weighted by Gasteiger charge is 2.43. The van der Waals surface area contributed by atoms with Crippen molar-refractivity contribution in [2.75, 3.05) is 13.7 Å². The van der Waals surface area contributed by atoms with E-state index < -0.39 is 0 Å². The molecule has 1 aliphatic carbocycles. The molecule has 4 rings (SSSR count). The number of rotatable bonds is 5. The van der Waals surface area contributed by atoms with Crippen LogP contribution in [-0.4, -0.2) is 30.3 Å². The highest BCUT2D eigenvalue weighted by molar-refractivity contribution is 5.80. The molecule has 1 unspecified atom stereocenters. The Morgan fingerprint density at radius 1 is 1.23 bits per heavy atom. The summed E-state index contributed by atoms with van der Waals surface area (Å²) in [5.74, 6) is 2.63. The van der Waals surface area contributed by atoms with Crippen molar-refractivity contribution in [3.05, 3.63) is 53.6 Å². The number of aromatic hydroxyl groups is 1. The summed E-state index contributed by atoms with van der Waals surface area (Å²) >= 11 is 0. The Hall–Kier alpha value is -2.89. The number of phenolic OH excluding ortho intramolecular Hbond substituents is 1. The Labute approximate surface area is 178 Å². The average Bonchev–Trinajstić information content (AvgIpc) is 3.20. The summed E-state index contributed by atoms with van der Waals surface area (Å²) in [5.41, 5.74) is 1.82. The summed E-state index contributed by atoms with van der Waals surface area (Å²) < 4.78 is 11.7. The molecule has 0 radical (unpaired) electrons. The lowest BCUT2D eigenvalue weighted by atomic mass is 9.86. The first-order valence-corrected chi connectivity index (χ1v) is 10.8. The van der Waals surface area contributed by atoms with E-state index in [0.29, 0.717) is 12.3 Å². The molecule has 0 saturated heterocycles. The van der Waals surface area contributed by atoms with Crippen molar-refractivity contribution < 1.29 is 14.6 Å². The molecule has 3 N–H and O–H groups in total. The number of ether oxygens (including phenoxy) is 2. The molecule has 6 heteroatoms. The largest absolute Gasteiger partial charge is 0.508 e. The highest BCUT2D eigenvalue weighted by atomic mass is 16.5. The first kappa shape index (κ1) is 20.4. The quantitative estimate of drug-likeness (QED) is 0.507. The fraction of sp³-hybridized carbons (Fsp3) is 0.458. The third-order valence-corrected chi connectivity index (χ3v) is 6.06. The van der Waals surface area contributed by atoms with Crippen LogP contribution in [0, 0.1) is 0 Å². The second kappa shape index (κ2) is 8.86. The van der Waals surface area contributed by atoms with Crippen LogP contribution in [-0.2, 0) is 6.54 Å². The van der Waals surface area contributed by atoms with Gasteiger partial charge in [0, 0.05) is 24.1 Å². The number of nitrogens with one attached hydrogen (secondary N) is 2. The predicted molar refractivity (Wildman–Crippen MR) is 118 cm³/mol. The molecule has 0 bridgehead atoms. The van der Waals surface area contributed by atoms with Crippen LogP contribution < -0.4 is 20.1 Å². The summed E-state index contributed by atoms with van der Waals surface area (Å²) in [5, 5.41) is 17.2. The summed E-state index contributed by atoms with van der Waals surface area (Å²) in [6.45, 7) is 3.16. The van der Waals surface area contributed by atoms with Gasteiger partial charge >= 0.3 is 0 Å². The van der Waals surface area contributed by atoms with Crippen molar-refractivity contribution in [1.82, 2.24) is 10.6 Å². The molecule has 1 aliphatic heterocycles. The van der Waals surface area contributed by atoms with E-state index >= 15 is 0 Å². The van der Waals surface area contributed by atoms with Gasteiger partial charge in [0.2, 0.25) is 0 Å². The molecule has 1 fully saturated rings. The SMILES string of the molecule is CCNC(=NCc1cc(OC)ccc1O)NC1CC2(CCCC2)Oc2ccccc21. The van der Waals surface area contributed by atoms with Gasteiger partial charge in [-0.2, -0.15) is 0 Å². The number of guanidine groups is 1. The van der Waals surface area contributed by atoms with Gasteiger partial charge in [-0.25, -0.2) is 4.99 Å². The number of benzene rings is 2. The topological polar surface area (TPSA) is 75.1 Å². The monoisotopic (exact) mass is 409 g/mol. The van der Waals surface area contributed by atoms with Crippen LogP contribution >= 0.6 is 0 Å². The van der Waals surface area contributed by atoms with Crippen molar-refractivity contribution in [3.8, 4) is 17.2 Å². The zero-order valence-corrected chi connectivity index (χ0v) is 17.8. The number of aliphatic imine (C=N–C) groups is 1. The van der Waals surface area contributed by atoms with Crippen molar-refractivity contribution >= 4 is 5.96 Å². The molecule has 0 amide bonds. The Bertz CT molecular complexity index is 906. The third-order valence-electron chi connectivity index (χ3n) is 6.06. The Balaban J connectivity index is 1.57. The molecule has 2 aliphatic rings. The van der Waals surface area contributed by atoms with Crippen LogP contribution in [0.15, 0.2) is 47.5 Å². The molecule has 0 aromatic heterocycles. The number of methoxy groups -OCH3 is 1. The summed E-state index contributed by atoms with van der Waals surface area (Å²) in [6.07, 6.45) is 5.57. The second-order valence-electron chi connectivity index (χ2n) is 8.12. The zero-order valence-electron chi connectivity index (χ0n) is 17.8. The van der Waals surface area contributed by atoms with Gasteiger partial charge in [-0.1, -0.05) is 18.2 Å². The van der Waals surface area contributed by atoms with Gasteiger partial charge in [0.25, 0.3) is 0 Å². The van der Waals surface area contributed by atoms with Gasteiger partial charge in [-0.3, -0.25) is 0 Å². The zero-order chi connectivity index (χ0) is 21.0. The highest BCUT2D eigenvalue weighted by Crippen LogP contribution is 2.46. The molecular formula is C24H31N3O3. The minimum absolute atomic E-state index is 0.0750. The van der Waals surface area contributed by atoms with Crippen molar-refractivity contribution in [2.45, 2.75) is 57.2 Å². The normalized spacial score (nSPS) is 19.8. The Morgan fingerprint density at radius 3 is 2.80 bits per heavy atom. The molecule has 2 aromatic carbocycles. The van der Waals surface area contributed by atoms with Crippen LogP contribution in [0.25, 0.3) is 0 Å².